The molecule has 0 fully saturated rings. The molecule has 5 heteroatoms. The third-order valence-corrected chi connectivity index (χ3v) is 5.13. The fraction of sp³-hybridized carbons (Fsp3) is 0.316. The lowest BCUT2D eigenvalue weighted by Gasteiger charge is -2.25. The minimum atomic E-state index is -1.02. The Morgan fingerprint density at radius 1 is 1.17 bits per heavy atom. The Morgan fingerprint density at radius 2 is 1.71 bits per heavy atom. The topological polar surface area (TPSA) is 55.1 Å². The molecule has 3 nitrogen and oxygen atoms in total. The fourth-order valence-corrected chi connectivity index (χ4v) is 3.41. The Hall–Kier alpha value is -1.36. The molecule has 0 heterocycles. The maximum absolute atomic E-state index is 12.5. The van der Waals surface area contributed by atoms with Crippen LogP contribution in [0.15, 0.2) is 53.0 Å². The van der Waals surface area contributed by atoms with E-state index >= 15 is 0 Å². The van der Waals surface area contributed by atoms with E-state index in [1.807, 2.05) is 24.3 Å². The normalized spacial score (nSPS) is 16.0. The molecule has 1 aliphatic rings. The Morgan fingerprint density at radius 3 is 2.25 bits per heavy atom. The van der Waals surface area contributed by atoms with Gasteiger partial charge < -0.3 is 11.1 Å². The van der Waals surface area contributed by atoms with Crippen molar-refractivity contribution >= 4 is 34.2 Å². The molecule has 3 rings (SSSR count). The second kappa shape index (κ2) is 7.68. The first-order chi connectivity index (χ1) is 11.0. The van der Waals surface area contributed by atoms with E-state index in [1.54, 1.807) is 6.92 Å². The summed E-state index contributed by atoms with van der Waals surface area (Å²) in [6, 6.07) is 16.1. The first-order valence-corrected chi connectivity index (χ1v) is 8.66. The standard InChI is InChI=1S/C19H21BrN2O.ClH/c1-19(21,16-6-8-17(20)9-7-16)18(23)22-12-13-10-14-4-2-3-5-15(14)11-13;/h2-9,13H,10-12,21H2,1H3,(H,22,23);1H. The van der Waals surface area contributed by atoms with Crippen molar-refractivity contribution in [2.75, 3.05) is 6.54 Å². The number of fused-ring (bicyclic) bond motifs is 1. The average Bonchev–Trinajstić information content (AvgIpc) is 2.95. The van der Waals surface area contributed by atoms with Crippen LogP contribution in [0.1, 0.15) is 23.6 Å². The number of carbonyl (C=O) groups excluding carboxylic acids is 1. The van der Waals surface area contributed by atoms with Crippen LogP contribution < -0.4 is 11.1 Å². The van der Waals surface area contributed by atoms with Crippen LogP contribution >= 0.6 is 28.3 Å². The summed E-state index contributed by atoms with van der Waals surface area (Å²) in [4.78, 5) is 12.5. The largest absolute Gasteiger partial charge is 0.354 e. The van der Waals surface area contributed by atoms with E-state index in [0.717, 1.165) is 22.9 Å². The molecule has 2 aromatic rings. The van der Waals surface area contributed by atoms with Crippen molar-refractivity contribution in [3.05, 3.63) is 69.7 Å². The summed E-state index contributed by atoms with van der Waals surface area (Å²) >= 11 is 3.40. The summed E-state index contributed by atoms with van der Waals surface area (Å²) in [5.74, 6) is 0.327. The van der Waals surface area contributed by atoms with Crippen LogP contribution in [0.4, 0.5) is 0 Å². The molecule has 128 valence electrons. The third kappa shape index (κ3) is 4.00. The van der Waals surface area contributed by atoms with Crippen molar-refractivity contribution in [2.24, 2.45) is 11.7 Å². The smallest absolute Gasteiger partial charge is 0.244 e. The maximum Gasteiger partial charge on any atom is 0.244 e. The molecule has 2 aromatic carbocycles. The number of hydrogen-bond donors (Lipinski definition) is 2. The van der Waals surface area contributed by atoms with Crippen LogP contribution in [-0.4, -0.2) is 12.5 Å². The Balaban J connectivity index is 0.00000208. The van der Waals surface area contributed by atoms with Gasteiger partial charge in [0.05, 0.1) is 0 Å². The van der Waals surface area contributed by atoms with Gasteiger partial charge in [-0.3, -0.25) is 4.79 Å². The molecule has 24 heavy (non-hydrogen) atoms. The SMILES string of the molecule is CC(N)(C(=O)NCC1Cc2ccccc2C1)c1ccc(Br)cc1.Cl. The van der Waals surface area contributed by atoms with Crippen molar-refractivity contribution < 1.29 is 4.79 Å². The molecule has 0 bridgehead atoms. The van der Waals surface area contributed by atoms with Gasteiger partial charge in [0.15, 0.2) is 0 Å². The highest BCUT2D eigenvalue weighted by Gasteiger charge is 2.31. The van der Waals surface area contributed by atoms with Crippen molar-refractivity contribution in [3.63, 3.8) is 0 Å². The number of hydrogen-bond acceptors (Lipinski definition) is 2. The van der Waals surface area contributed by atoms with Crippen molar-refractivity contribution in [3.8, 4) is 0 Å². The lowest BCUT2D eigenvalue weighted by atomic mass is 9.92. The van der Waals surface area contributed by atoms with Crippen molar-refractivity contribution in [1.29, 1.82) is 0 Å². The van der Waals surface area contributed by atoms with Crippen LogP contribution in [0.3, 0.4) is 0 Å². The van der Waals surface area contributed by atoms with E-state index in [-0.39, 0.29) is 18.3 Å². The molecule has 0 radical (unpaired) electrons. The second-order valence-electron chi connectivity index (χ2n) is 6.46. The van der Waals surface area contributed by atoms with Gasteiger partial charge in [0.2, 0.25) is 5.91 Å². The number of halogens is 2. The van der Waals surface area contributed by atoms with Gasteiger partial charge in [-0.15, -0.1) is 12.4 Å². The molecular weight excluding hydrogens is 388 g/mol. The highest BCUT2D eigenvalue weighted by Crippen LogP contribution is 2.26. The minimum absolute atomic E-state index is 0. The zero-order valence-electron chi connectivity index (χ0n) is 13.6. The van der Waals surface area contributed by atoms with E-state index in [9.17, 15) is 4.79 Å². The Labute approximate surface area is 157 Å². The zero-order chi connectivity index (χ0) is 16.4. The number of nitrogens with one attached hydrogen (secondary N) is 1. The third-order valence-electron chi connectivity index (χ3n) is 4.60. The van der Waals surface area contributed by atoms with Crippen LogP contribution in [0.25, 0.3) is 0 Å². The highest BCUT2D eigenvalue weighted by atomic mass is 79.9. The summed E-state index contributed by atoms with van der Waals surface area (Å²) in [6.07, 6.45) is 2.05. The Kier molecular flexibility index (Phi) is 6.07. The molecule has 0 aromatic heterocycles. The quantitative estimate of drug-likeness (QED) is 0.811. The molecule has 0 aliphatic heterocycles. The van der Waals surface area contributed by atoms with Crippen molar-refractivity contribution in [2.45, 2.75) is 25.3 Å². The van der Waals surface area contributed by atoms with Gasteiger partial charge in [0.1, 0.15) is 5.54 Å². The molecular formula is C19H22BrClN2O. The molecule has 3 N–H and O–H groups in total. The monoisotopic (exact) mass is 408 g/mol. The molecule has 0 saturated heterocycles. The van der Waals surface area contributed by atoms with Crippen molar-refractivity contribution in [1.82, 2.24) is 5.32 Å². The van der Waals surface area contributed by atoms with Crippen LogP contribution in [0, 0.1) is 5.92 Å². The summed E-state index contributed by atoms with van der Waals surface area (Å²) in [5, 5.41) is 3.04. The number of benzene rings is 2. The summed E-state index contributed by atoms with van der Waals surface area (Å²) < 4.78 is 0.973. The number of nitrogens with two attached hydrogens (primary N) is 1. The zero-order valence-corrected chi connectivity index (χ0v) is 16.0. The van der Waals surface area contributed by atoms with E-state index in [1.165, 1.54) is 11.1 Å². The van der Waals surface area contributed by atoms with Crippen LogP contribution in [-0.2, 0) is 23.2 Å². The predicted molar refractivity (Wildman–Crippen MR) is 103 cm³/mol. The first-order valence-electron chi connectivity index (χ1n) is 7.87. The lowest BCUT2D eigenvalue weighted by molar-refractivity contribution is -0.126. The van der Waals surface area contributed by atoms with Gasteiger partial charge in [0.25, 0.3) is 0 Å². The summed E-state index contributed by atoms with van der Waals surface area (Å²) in [6.45, 7) is 2.42. The number of rotatable bonds is 4. The van der Waals surface area contributed by atoms with Crippen LogP contribution in [0.2, 0.25) is 0 Å². The van der Waals surface area contributed by atoms with Gasteiger partial charge in [-0.25, -0.2) is 0 Å². The number of amides is 1. The van der Waals surface area contributed by atoms with Gasteiger partial charge >= 0.3 is 0 Å². The van der Waals surface area contributed by atoms with E-state index < -0.39 is 5.54 Å². The fourth-order valence-electron chi connectivity index (χ4n) is 3.14. The Bertz CT molecular complexity index is 691. The van der Waals surface area contributed by atoms with Gasteiger partial charge in [-0.1, -0.05) is 52.3 Å². The van der Waals surface area contributed by atoms with Crippen LogP contribution in [0.5, 0.6) is 0 Å². The van der Waals surface area contributed by atoms with Gasteiger partial charge in [-0.2, -0.15) is 0 Å². The van der Waals surface area contributed by atoms with Gasteiger partial charge in [-0.05, 0) is 54.5 Å². The molecule has 1 atom stereocenters. The second-order valence-corrected chi connectivity index (χ2v) is 7.38. The molecule has 0 spiro atoms. The summed E-state index contributed by atoms with van der Waals surface area (Å²) in [7, 11) is 0. The van der Waals surface area contributed by atoms with E-state index in [4.69, 9.17) is 5.73 Å². The van der Waals surface area contributed by atoms with E-state index in [2.05, 4.69) is 45.5 Å². The highest BCUT2D eigenvalue weighted by molar-refractivity contribution is 9.10. The first kappa shape index (κ1) is 19.0. The lowest BCUT2D eigenvalue weighted by Crippen LogP contribution is -2.50. The predicted octanol–water partition coefficient (Wildman–Crippen LogP) is 3.58. The molecule has 0 saturated carbocycles. The number of carbonyl (C=O) groups is 1. The molecule has 1 amide bonds. The maximum atomic E-state index is 12.5. The average molecular weight is 410 g/mol. The molecule has 1 aliphatic carbocycles. The summed E-state index contributed by atoms with van der Waals surface area (Å²) in [5.41, 5.74) is 8.86. The minimum Gasteiger partial charge on any atom is -0.354 e. The van der Waals surface area contributed by atoms with Gasteiger partial charge in [0, 0.05) is 11.0 Å². The van der Waals surface area contributed by atoms with E-state index in [0.29, 0.717) is 12.5 Å². The molecule has 1 unspecified atom stereocenters.